The van der Waals surface area contributed by atoms with E-state index in [1.807, 2.05) is 4.90 Å². The zero-order valence-corrected chi connectivity index (χ0v) is 17.8. The third-order valence-electron chi connectivity index (χ3n) is 5.39. The molecule has 2 aliphatic rings. The fraction of sp³-hybridized carbons (Fsp3) is 0.526. The minimum atomic E-state index is -0.591. The topological polar surface area (TPSA) is 114 Å². The Hall–Kier alpha value is -2.24. The molecule has 0 radical (unpaired) electrons. The van der Waals surface area contributed by atoms with Crippen molar-refractivity contribution in [3.05, 3.63) is 34.3 Å². The second-order valence-electron chi connectivity index (χ2n) is 7.28. The molecular formula is C19H26ClN5O5. The number of ether oxygens (including phenoxy) is 1. The molecule has 11 heteroatoms. The van der Waals surface area contributed by atoms with Crippen LogP contribution in [0.5, 0.6) is 0 Å². The quantitative estimate of drug-likeness (QED) is 0.402. The molecule has 2 heterocycles. The summed E-state index contributed by atoms with van der Waals surface area (Å²) in [5, 5.41) is 15.7. The second-order valence-corrected chi connectivity index (χ2v) is 7.69. The van der Waals surface area contributed by atoms with Crippen LogP contribution in [0.25, 0.3) is 0 Å². The van der Waals surface area contributed by atoms with Crippen molar-refractivity contribution < 1.29 is 24.2 Å². The maximum atomic E-state index is 13.2. The Labute approximate surface area is 179 Å². The Morgan fingerprint density at radius 2 is 2.07 bits per heavy atom. The Balaban J connectivity index is 1.80. The normalized spacial score (nSPS) is 24.4. The van der Waals surface area contributed by atoms with Crippen molar-refractivity contribution >= 4 is 29.5 Å². The molecule has 1 aromatic rings. The van der Waals surface area contributed by atoms with E-state index >= 15 is 0 Å². The van der Waals surface area contributed by atoms with Crippen LogP contribution in [-0.4, -0.2) is 90.6 Å². The van der Waals surface area contributed by atoms with Crippen molar-refractivity contribution in [1.29, 1.82) is 0 Å². The maximum absolute atomic E-state index is 13.2. The van der Waals surface area contributed by atoms with Crippen LogP contribution < -0.4 is 10.6 Å². The van der Waals surface area contributed by atoms with Crippen LogP contribution in [0.4, 0.5) is 4.79 Å². The van der Waals surface area contributed by atoms with Crippen LogP contribution in [0.1, 0.15) is 22.3 Å². The number of carbonyl (C=O) groups is 3. The summed E-state index contributed by atoms with van der Waals surface area (Å²) in [6, 6.07) is 3.71. The molecule has 3 amide bonds. The number of benzene rings is 1. The number of hydrogen-bond acceptors (Lipinski definition) is 8. The summed E-state index contributed by atoms with van der Waals surface area (Å²) in [7, 11) is 4.69. The number of likely N-dealkylation sites (N-methyl/N-ethyl adjacent to an activating group) is 2. The largest absolute Gasteiger partial charge is 0.465 e. The van der Waals surface area contributed by atoms with Crippen LogP contribution in [0.2, 0.25) is 5.02 Å². The predicted molar refractivity (Wildman–Crippen MR) is 108 cm³/mol. The van der Waals surface area contributed by atoms with E-state index in [9.17, 15) is 14.4 Å². The minimum Gasteiger partial charge on any atom is -0.465 e. The van der Waals surface area contributed by atoms with Crippen LogP contribution in [0.15, 0.2) is 18.2 Å². The number of methoxy groups -OCH3 is 1. The molecule has 10 nitrogen and oxygen atoms in total. The molecule has 0 aromatic heterocycles. The Morgan fingerprint density at radius 3 is 2.73 bits per heavy atom. The molecule has 2 fully saturated rings. The fourth-order valence-corrected chi connectivity index (χ4v) is 3.93. The van der Waals surface area contributed by atoms with Gasteiger partial charge in [0.15, 0.2) is 0 Å². The van der Waals surface area contributed by atoms with Gasteiger partial charge in [0.1, 0.15) is 18.5 Å². The molecule has 0 aliphatic carbocycles. The highest BCUT2D eigenvalue weighted by molar-refractivity contribution is 6.33. The van der Waals surface area contributed by atoms with E-state index in [0.717, 1.165) is 0 Å². The van der Waals surface area contributed by atoms with Gasteiger partial charge in [0.25, 0.3) is 5.91 Å². The first kappa shape index (κ1) is 22.4. The Kier molecular flexibility index (Phi) is 6.94. The summed E-state index contributed by atoms with van der Waals surface area (Å²) in [5.41, 5.74) is 0.757. The second kappa shape index (κ2) is 9.27. The monoisotopic (exact) mass is 439 g/mol. The van der Waals surface area contributed by atoms with Crippen molar-refractivity contribution in [3.8, 4) is 0 Å². The number of imide groups is 1. The Morgan fingerprint density at radius 1 is 1.33 bits per heavy atom. The van der Waals surface area contributed by atoms with Gasteiger partial charge in [0.05, 0.1) is 24.2 Å². The van der Waals surface area contributed by atoms with Gasteiger partial charge in [-0.3, -0.25) is 25.2 Å². The van der Waals surface area contributed by atoms with Gasteiger partial charge in [0.2, 0.25) is 0 Å². The zero-order valence-electron chi connectivity index (χ0n) is 17.1. The van der Waals surface area contributed by atoms with Gasteiger partial charge in [-0.05, 0) is 37.7 Å². The third kappa shape index (κ3) is 4.14. The molecule has 164 valence electrons. The van der Waals surface area contributed by atoms with Crippen molar-refractivity contribution in [2.45, 2.75) is 31.5 Å². The summed E-state index contributed by atoms with van der Waals surface area (Å²) in [5.74, 6) is -0.925. The Bertz CT molecular complexity index is 838. The van der Waals surface area contributed by atoms with Gasteiger partial charge < -0.3 is 14.7 Å². The van der Waals surface area contributed by atoms with Crippen molar-refractivity contribution in [3.63, 3.8) is 0 Å². The maximum Gasteiger partial charge on any atom is 0.339 e. The van der Waals surface area contributed by atoms with Gasteiger partial charge in [-0.1, -0.05) is 17.7 Å². The number of carbonyl (C=O) groups excluding carboxylic acids is 3. The third-order valence-corrected chi connectivity index (χ3v) is 5.72. The number of hydrogen-bond donors (Lipinski definition) is 3. The number of nitrogens with zero attached hydrogens (tertiary/aromatic N) is 3. The lowest BCUT2D eigenvalue weighted by atomic mass is 10.1. The number of rotatable bonds is 7. The molecule has 3 rings (SSSR count). The molecule has 3 atom stereocenters. The summed E-state index contributed by atoms with van der Waals surface area (Å²) in [6.07, 6.45) is -0.212. The molecule has 2 aliphatic heterocycles. The predicted octanol–water partition coefficient (Wildman–Crippen LogP) is 0.00590. The van der Waals surface area contributed by atoms with Crippen molar-refractivity contribution in [2.24, 2.45) is 0 Å². The van der Waals surface area contributed by atoms with E-state index < -0.39 is 24.2 Å². The lowest BCUT2D eigenvalue weighted by Gasteiger charge is -2.40. The molecule has 2 saturated heterocycles. The highest BCUT2D eigenvalue weighted by atomic mass is 35.5. The summed E-state index contributed by atoms with van der Waals surface area (Å²) in [4.78, 5) is 42.5. The number of urea groups is 1. The highest BCUT2D eigenvalue weighted by Crippen LogP contribution is 2.27. The summed E-state index contributed by atoms with van der Waals surface area (Å²) >= 11 is 6.06. The van der Waals surface area contributed by atoms with Crippen LogP contribution in [0.3, 0.4) is 0 Å². The fourth-order valence-electron chi connectivity index (χ4n) is 3.74. The van der Waals surface area contributed by atoms with Gasteiger partial charge in [-0.25, -0.2) is 9.59 Å². The lowest BCUT2D eigenvalue weighted by molar-refractivity contribution is -0.138. The van der Waals surface area contributed by atoms with E-state index in [0.29, 0.717) is 18.5 Å². The molecule has 30 heavy (non-hydrogen) atoms. The van der Waals surface area contributed by atoms with Crippen LogP contribution in [0, 0.1) is 0 Å². The molecule has 3 N–H and O–H groups in total. The summed E-state index contributed by atoms with van der Waals surface area (Å²) in [6.45, 7) is 0.632. The zero-order chi connectivity index (χ0) is 22.0. The number of aliphatic hydroxyl groups excluding tert-OH is 1. The van der Waals surface area contributed by atoms with E-state index in [-0.39, 0.29) is 35.9 Å². The number of fused-ring (bicyclic) bond motifs is 1. The number of nitrogens with one attached hydrogen (secondary N) is 2. The number of esters is 1. The molecule has 3 unspecified atom stereocenters. The lowest BCUT2D eigenvalue weighted by Crippen LogP contribution is -2.65. The van der Waals surface area contributed by atoms with E-state index in [4.69, 9.17) is 21.4 Å². The van der Waals surface area contributed by atoms with Gasteiger partial charge >= 0.3 is 12.0 Å². The molecule has 0 bridgehead atoms. The highest BCUT2D eigenvalue weighted by Gasteiger charge is 2.52. The van der Waals surface area contributed by atoms with E-state index in [2.05, 4.69) is 10.6 Å². The standard InChI is InChI=1S/C19H26ClN5O5/c1-23-14-15(22-18(23)21-7-4-8-26)24(2)19(29)25(16(14)27)10-11-5-6-13(20)12(9-11)17(28)30-3/h5-6,9,14-15,18,21-22,26H,4,7-8,10H2,1-3H3. The molecule has 1 aromatic carbocycles. The average Bonchev–Trinajstić information content (AvgIpc) is 3.07. The number of halogens is 1. The first-order valence-corrected chi connectivity index (χ1v) is 9.95. The van der Waals surface area contributed by atoms with E-state index in [1.165, 1.54) is 23.0 Å². The van der Waals surface area contributed by atoms with Gasteiger partial charge in [0, 0.05) is 13.7 Å². The molecular weight excluding hydrogens is 414 g/mol. The molecule has 0 saturated carbocycles. The minimum absolute atomic E-state index is 0.00281. The summed E-state index contributed by atoms with van der Waals surface area (Å²) < 4.78 is 4.73. The number of aliphatic hydroxyl groups is 1. The first-order chi connectivity index (χ1) is 14.3. The smallest absolute Gasteiger partial charge is 0.339 e. The van der Waals surface area contributed by atoms with Crippen LogP contribution >= 0.6 is 11.6 Å². The van der Waals surface area contributed by atoms with Gasteiger partial charge in [-0.15, -0.1) is 0 Å². The molecule has 0 spiro atoms. The SMILES string of the molecule is COC(=O)c1cc(CN2C(=O)C3C(NC(NCCCO)N3C)N(C)C2=O)ccc1Cl. The first-order valence-electron chi connectivity index (χ1n) is 9.57. The van der Waals surface area contributed by atoms with Crippen molar-refractivity contribution in [2.75, 3.05) is 34.4 Å². The number of amides is 3. The van der Waals surface area contributed by atoms with Crippen molar-refractivity contribution in [1.82, 2.24) is 25.3 Å². The van der Waals surface area contributed by atoms with E-state index in [1.54, 1.807) is 26.2 Å². The average molecular weight is 440 g/mol. The van der Waals surface area contributed by atoms with Gasteiger partial charge in [-0.2, -0.15) is 0 Å². The van der Waals surface area contributed by atoms with Crippen LogP contribution in [-0.2, 0) is 16.1 Å².